The van der Waals surface area contributed by atoms with Crippen molar-refractivity contribution >= 4 is 11.0 Å². The van der Waals surface area contributed by atoms with Gasteiger partial charge in [-0.15, -0.1) is 0 Å². The molecule has 0 unspecified atom stereocenters. The first-order valence-electron chi connectivity index (χ1n) is 6.60. The molecule has 3 heterocycles. The van der Waals surface area contributed by atoms with E-state index in [0.29, 0.717) is 17.0 Å². The number of fused-ring (bicyclic) bond motifs is 1. The van der Waals surface area contributed by atoms with Gasteiger partial charge < -0.3 is 0 Å². The van der Waals surface area contributed by atoms with Gasteiger partial charge >= 0.3 is 6.18 Å². The maximum atomic E-state index is 13.4. The second kappa shape index (κ2) is 4.56. The average molecular weight is 309 g/mol. The van der Waals surface area contributed by atoms with E-state index >= 15 is 0 Å². The smallest absolute Gasteiger partial charge is 0.275 e. The second-order valence-electron chi connectivity index (χ2n) is 5.26. The molecule has 0 N–H and O–H groups in total. The van der Waals surface area contributed by atoms with Crippen molar-refractivity contribution in [2.75, 3.05) is 0 Å². The number of aromatic nitrogens is 5. The minimum Gasteiger partial charge on any atom is -0.275 e. The molecule has 5 nitrogen and oxygen atoms in total. The SMILES string of the molecule is Cc1nn(C)cc1-c1cc(C(F)(F)F)c2c(C)nn(C)c2n1. The predicted octanol–water partition coefficient (Wildman–Crippen LogP) is 3.00. The van der Waals surface area contributed by atoms with Crippen molar-refractivity contribution in [1.29, 1.82) is 0 Å². The van der Waals surface area contributed by atoms with Gasteiger partial charge in [0.05, 0.1) is 28.0 Å². The number of hydrogen-bond donors (Lipinski definition) is 0. The van der Waals surface area contributed by atoms with Gasteiger partial charge in [0.25, 0.3) is 0 Å². The van der Waals surface area contributed by atoms with E-state index in [1.807, 2.05) is 0 Å². The lowest BCUT2D eigenvalue weighted by molar-refractivity contribution is -0.136. The minimum absolute atomic E-state index is 0.0419. The first-order valence-corrected chi connectivity index (χ1v) is 6.60. The molecule has 0 aliphatic rings. The molecule has 116 valence electrons. The topological polar surface area (TPSA) is 48.5 Å². The molecule has 3 rings (SSSR count). The van der Waals surface area contributed by atoms with Crippen LogP contribution in [0.25, 0.3) is 22.3 Å². The van der Waals surface area contributed by atoms with Crippen LogP contribution in [-0.2, 0) is 20.3 Å². The standard InChI is InChI=1S/C14H14F3N5/c1-7-9(6-21(3)19-7)11-5-10(14(15,16)17)12-8(2)20-22(4)13(12)18-11/h5-6H,1-4H3. The molecule has 0 aliphatic heterocycles. The van der Waals surface area contributed by atoms with Crippen molar-refractivity contribution in [1.82, 2.24) is 24.5 Å². The fourth-order valence-electron chi connectivity index (χ4n) is 2.66. The maximum Gasteiger partial charge on any atom is 0.417 e. The number of pyridine rings is 1. The van der Waals surface area contributed by atoms with Crippen molar-refractivity contribution in [3.8, 4) is 11.3 Å². The molecular weight excluding hydrogens is 295 g/mol. The van der Waals surface area contributed by atoms with E-state index < -0.39 is 11.7 Å². The van der Waals surface area contributed by atoms with Crippen LogP contribution in [0.4, 0.5) is 13.2 Å². The van der Waals surface area contributed by atoms with E-state index in [4.69, 9.17) is 0 Å². The molecule has 0 saturated heterocycles. The average Bonchev–Trinajstić information content (AvgIpc) is 2.88. The normalized spacial score (nSPS) is 12.3. The van der Waals surface area contributed by atoms with E-state index in [-0.39, 0.29) is 16.7 Å². The van der Waals surface area contributed by atoms with Crippen LogP contribution in [-0.4, -0.2) is 24.5 Å². The van der Waals surface area contributed by atoms with Crippen LogP contribution in [0.3, 0.4) is 0 Å². The van der Waals surface area contributed by atoms with Gasteiger partial charge in [0.1, 0.15) is 0 Å². The molecule has 0 spiro atoms. The van der Waals surface area contributed by atoms with Crippen molar-refractivity contribution in [2.24, 2.45) is 14.1 Å². The van der Waals surface area contributed by atoms with Crippen molar-refractivity contribution in [2.45, 2.75) is 20.0 Å². The van der Waals surface area contributed by atoms with E-state index in [1.54, 1.807) is 38.8 Å². The summed E-state index contributed by atoms with van der Waals surface area (Å²) in [6, 6.07) is 1.07. The Bertz CT molecular complexity index is 873. The number of alkyl halides is 3. The van der Waals surface area contributed by atoms with Crippen LogP contribution in [0.5, 0.6) is 0 Å². The van der Waals surface area contributed by atoms with Crippen LogP contribution < -0.4 is 0 Å². The third-order valence-electron chi connectivity index (χ3n) is 3.56. The maximum absolute atomic E-state index is 13.4. The summed E-state index contributed by atoms with van der Waals surface area (Å²) >= 11 is 0. The summed E-state index contributed by atoms with van der Waals surface area (Å²) in [6.45, 7) is 3.29. The number of rotatable bonds is 1. The summed E-state index contributed by atoms with van der Waals surface area (Å²) in [7, 11) is 3.30. The molecular formula is C14H14F3N5. The monoisotopic (exact) mass is 309 g/mol. The van der Waals surface area contributed by atoms with Gasteiger partial charge in [-0.3, -0.25) is 9.36 Å². The Balaban J connectivity index is 2.39. The quantitative estimate of drug-likeness (QED) is 0.694. The van der Waals surface area contributed by atoms with Crippen molar-refractivity contribution in [3.05, 3.63) is 29.2 Å². The lowest BCUT2D eigenvalue weighted by atomic mass is 10.1. The molecule has 0 aromatic carbocycles. The van der Waals surface area contributed by atoms with E-state index in [2.05, 4.69) is 15.2 Å². The zero-order valence-electron chi connectivity index (χ0n) is 12.5. The molecule has 0 fully saturated rings. The highest BCUT2D eigenvalue weighted by Gasteiger charge is 2.35. The molecule has 0 aliphatic carbocycles. The molecule has 3 aromatic heterocycles. The summed E-state index contributed by atoms with van der Waals surface area (Å²) in [5.41, 5.74) is 1.25. The summed E-state index contributed by atoms with van der Waals surface area (Å²) in [5, 5.41) is 8.26. The Morgan fingerprint density at radius 1 is 1.05 bits per heavy atom. The molecule has 0 bridgehead atoms. The van der Waals surface area contributed by atoms with Crippen molar-refractivity contribution in [3.63, 3.8) is 0 Å². The Hall–Kier alpha value is -2.38. The summed E-state index contributed by atoms with van der Waals surface area (Å²) in [4.78, 5) is 4.36. The first-order chi connectivity index (χ1) is 10.2. The zero-order valence-corrected chi connectivity index (χ0v) is 12.5. The molecule has 3 aromatic rings. The number of nitrogens with zero attached hydrogens (tertiary/aromatic N) is 5. The lowest BCUT2D eigenvalue weighted by Gasteiger charge is -2.10. The van der Waals surface area contributed by atoms with Crippen LogP contribution in [0, 0.1) is 13.8 Å². The number of aryl methyl sites for hydroxylation is 4. The third kappa shape index (κ3) is 2.15. The van der Waals surface area contributed by atoms with Crippen LogP contribution >= 0.6 is 0 Å². The van der Waals surface area contributed by atoms with Gasteiger partial charge in [0.15, 0.2) is 5.65 Å². The molecule has 0 amide bonds. The lowest BCUT2D eigenvalue weighted by Crippen LogP contribution is -2.07. The van der Waals surface area contributed by atoms with E-state index in [9.17, 15) is 13.2 Å². The highest BCUT2D eigenvalue weighted by molar-refractivity contribution is 5.85. The van der Waals surface area contributed by atoms with Gasteiger partial charge in [-0.1, -0.05) is 0 Å². The number of hydrogen-bond acceptors (Lipinski definition) is 3. The Morgan fingerprint density at radius 2 is 1.73 bits per heavy atom. The van der Waals surface area contributed by atoms with Gasteiger partial charge in [-0.05, 0) is 19.9 Å². The first kappa shape index (κ1) is 14.6. The fourth-order valence-corrected chi connectivity index (χ4v) is 2.66. The Kier molecular flexibility index (Phi) is 3.01. The molecule has 0 atom stereocenters. The highest BCUT2D eigenvalue weighted by Crippen LogP contribution is 2.38. The summed E-state index contributed by atoms with van der Waals surface area (Å²) < 4.78 is 43.2. The Morgan fingerprint density at radius 3 is 2.27 bits per heavy atom. The van der Waals surface area contributed by atoms with Gasteiger partial charge in [-0.25, -0.2) is 4.98 Å². The fraction of sp³-hybridized carbons (Fsp3) is 0.357. The largest absolute Gasteiger partial charge is 0.417 e. The summed E-state index contributed by atoms with van der Waals surface area (Å²) in [5.74, 6) is 0. The van der Waals surface area contributed by atoms with E-state index in [1.165, 1.54) is 4.68 Å². The predicted molar refractivity (Wildman–Crippen MR) is 75.2 cm³/mol. The van der Waals surface area contributed by atoms with E-state index in [0.717, 1.165) is 6.07 Å². The van der Waals surface area contributed by atoms with Gasteiger partial charge in [-0.2, -0.15) is 23.4 Å². The molecule has 8 heteroatoms. The van der Waals surface area contributed by atoms with Crippen LogP contribution in [0.15, 0.2) is 12.3 Å². The third-order valence-corrected chi connectivity index (χ3v) is 3.56. The molecule has 0 saturated carbocycles. The Labute approximate surface area is 124 Å². The molecule has 0 radical (unpaired) electrons. The van der Waals surface area contributed by atoms with Gasteiger partial charge in [0, 0.05) is 25.9 Å². The number of halogens is 3. The van der Waals surface area contributed by atoms with Crippen molar-refractivity contribution < 1.29 is 13.2 Å². The summed E-state index contributed by atoms with van der Waals surface area (Å²) in [6.07, 6.45) is -2.81. The minimum atomic E-state index is -4.47. The zero-order chi connectivity index (χ0) is 16.2. The van der Waals surface area contributed by atoms with Crippen LogP contribution in [0.1, 0.15) is 17.0 Å². The second-order valence-corrected chi connectivity index (χ2v) is 5.26. The molecule has 22 heavy (non-hydrogen) atoms. The highest BCUT2D eigenvalue weighted by atomic mass is 19.4. The van der Waals surface area contributed by atoms with Crippen LogP contribution in [0.2, 0.25) is 0 Å². The van der Waals surface area contributed by atoms with Gasteiger partial charge in [0.2, 0.25) is 0 Å².